The van der Waals surface area contributed by atoms with Crippen LogP contribution in [0.1, 0.15) is 21.6 Å². The zero-order valence-electron chi connectivity index (χ0n) is 10.5. The van der Waals surface area contributed by atoms with Crippen LogP contribution in [-0.2, 0) is 20.0 Å². The van der Waals surface area contributed by atoms with E-state index in [9.17, 15) is 9.59 Å². The maximum absolute atomic E-state index is 12.2. The van der Waals surface area contributed by atoms with Crippen LogP contribution >= 0.6 is 11.3 Å². The molecule has 0 saturated carbocycles. The summed E-state index contributed by atoms with van der Waals surface area (Å²) in [6.07, 6.45) is 2.09. The van der Waals surface area contributed by atoms with Crippen LogP contribution in [-0.4, -0.2) is 26.9 Å². The van der Waals surface area contributed by atoms with Gasteiger partial charge in [-0.15, -0.1) is 0 Å². The SMILES string of the molecule is Cn1cnc2c(c1=O)CCN(C(=O)c1ccsc1)C2. The summed E-state index contributed by atoms with van der Waals surface area (Å²) >= 11 is 1.51. The van der Waals surface area contributed by atoms with Gasteiger partial charge in [0.1, 0.15) is 0 Å². The molecule has 3 rings (SSSR count). The molecular formula is C13H13N3O2S. The molecule has 19 heavy (non-hydrogen) atoms. The summed E-state index contributed by atoms with van der Waals surface area (Å²) in [6.45, 7) is 0.989. The fourth-order valence-corrected chi connectivity index (χ4v) is 2.89. The van der Waals surface area contributed by atoms with E-state index in [1.807, 2.05) is 16.8 Å². The maximum atomic E-state index is 12.2. The van der Waals surface area contributed by atoms with E-state index in [1.165, 1.54) is 22.2 Å². The summed E-state index contributed by atoms with van der Waals surface area (Å²) in [5.41, 5.74) is 2.15. The van der Waals surface area contributed by atoms with E-state index < -0.39 is 0 Å². The van der Waals surface area contributed by atoms with Gasteiger partial charge >= 0.3 is 0 Å². The van der Waals surface area contributed by atoms with Crippen LogP contribution in [0.3, 0.4) is 0 Å². The minimum atomic E-state index is -0.00682. The van der Waals surface area contributed by atoms with E-state index in [1.54, 1.807) is 11.9 Å². The molecule has 0 radical (unpaired) electrons. The van der Waals surface area contributed by atoms with Crippen LogP contribution in [0.5, 0.6) is 0 Å². The van der Waals surface area contributed by atoms with Gasteiger partial charge in [-0.1, -0.05) is 0 Å². The Balaban J connectivity index is 1.89. The van der Waals surface area contributed by atoms with Gasteiger partial charge in [-0.25, -0.2) is 4.98 Å². The van der Waals surface area contributed by atoms with E-state index in [2.05, 4.69) is 4.98 Å². The zero-order valence-corrected chi connectivity index (χ0v) is 11.3. The summed E-state index contributed by atoms with van der Waals surface area (Å²) < 4.78 is 1.48. The second-order valence-electron chi connectivity index (χ2n) is 4.57. The quantitative estimate of drug-likeness (QED) is 0.781. The van der Waals surface area contributed by atoms with Crippen LogP contribution in [0.25, 0.3) is 0 Å². The van der Waals surface area contributed by atoms with Gasteiger partial charge in [0.15, 0.2) is 0 Å². The second kappa shape index (κ2) is 4.62. The first-order valence-corrected chi connectivity index (χ1v) is 6.96. The van der Waals surface area contributed by atoms with Crippen LogP contribution in [0.15, 0.2) is 27.9 Å². The minimum Gasteiger partial charge on any atom is -0.332 e. The van der Waals surface area contributed by atoms with Gasteiger partial charge in [-0.05, 0) is 17.9 Å². The predicted molar refractivity (Wildman–Crippen MR) is 72.2 cm³/mol. The van der Waals surface area contributed by atoms with Crippen molar-refractivity contribution < 1.29 is 4.79 Å². The highest BCUT2D eigenvalue weighted by Crippen LogP contribution is 2.17. The van der Waals surface area contributed by atoms with Crippen molar-refractivity contribution in [1.82, 2.24) is 14.5 Å². The Kier molecular flexibility index (Phi) is 2.94. The van der Waals surface area contributed by atoms with E-state index >= 15 is 0 Å². The van der Waals surface area contributed by atoms with Crippen LogP contribution in [0, 0.1) is 0 Å². The highest BCUT2D eigenvalue weighted by molar-refractivity contribution is 7.08. The Labute approximate surface area is 114 Å². The average molecular weight is 275 g/mol. The normalized spacial score (nSPS) is 14.3. The van der Waals surface area contributed by atoms with Crippen molar-refractivity contribution in [2.24, 2.45) is 7.05 Å². The van der Waals surface area contributed by atoms with Crippen molar-refractivity contribution in [3.8, 4) is 0 Å². The molecule has 0 aliphatic carbocycles. The fraction of sp³-hybridized carbons (Fsp3) is 0.308. The number of rotatable bonds is 1. The van der Waals surface area contributed by atoms with Gasteiger partial charge in [0.05, 0.1) is 24.1 Å². The van der Waals surface area contributed by atoms with Gasteiger partial charge in [0, 0.05) is 24.5 Å². The number of amides is 1. The highest BCUT2D eigenvalue weighted by Gasteiger charge is 2.24. The third-order valence-corrected chi connectivity index (χ3v) is 4.02. The first-order chi connectivity index (χ1) is 9.16. The highest BCUT2D eigenvalue weighted by atomic mass is 32.1. The van der Waals surface area contributed by atoms with E-state index in [-0.39, 0.29) is 11.5 Å². The molecule has 0 bridgehead atoms. The van der Waals surface area contributed by atoms with Crippen LogP contribution < -0.4 is 5.56 Å². The lowest BCUT2D eigenvalue weighted by atomic mass is 10.1. The van der Waals surface area contributed by atoms with E-state index in [0.717, 1.165) is 11.3 Å². The standard InChI is InChI=1S/C13H13N3O2S/c1-15-8-14-11-6-16(4-2-10(11)13(15)18)12(17)9-3-5-19-7-9/h3,5,7-8H,2,4,6H2,1H3. The largest absolute Gasteiger partial charge is 0.332 e. The zero-order chi connectivity index (χ0) is 13.4. The molecule has 2 aromatic rings. The number of hydrogen-bond acceptors (Lipinski definition) is 4. The molecule has 0 N–H and O–H groups in total. The second-order valence-corrected chi connectivity index (χ2v) is 5.35. The van der Waals surface area contributed by atoms with Gasteiger partial charge in [-0.2, -0.15) is 11.3 Å². The number of fused-ring (bicyclic) bond motifs is 1. The summed E-state index contributed by atoms with van der Waals surface area (Å²) in [6, 6.07) is 1.82. The third-order valence-electron chi connectivity index (χ3n) is 3.34. The molecule has 0 spiro atoms. The van der Waals surface area contributed by atoms with Crippen molar-refractivity contribution in [3.05, 3.63) is 50.3 Å². The molecule has 1 aliphatic heterocycles. The first-order valence-electron chi connectivity index (χ1n) is 6.01. The Morgan fingerprint density at radius 3 is 3.05 bits per heavy atom. The number of thiophene rings is 1. The summed E-state index contributed by atoms with van der Waals surface area (Å²) in [7, 11) is 1.69. The molecule has 5 nitrogen and oxygen atoms in total. The summed E-state index contributed by atoms with van der Waals surface area (Å²) in [5, 5.41) is 3.73. The Hall–Kier alpha value is -1.95. The van der Waals surface area contributed by atoms with Crippen molar-refractivity contribution in [3.63, 3.8) is 0 Å². The Morgan fingerprint density at radius 2 is 2.32 bits per heavy atom. The predicted octanol–water partition coefficient (Wildman–Crippen LogP) is 1.04. The number of carbonyl (C=O) groups is 1. The smallest absolute Gasteiger partial charge is 0.256 e. The van der Waals surface area contributed by atoms with Crippen molar-refractivity contribution in [2.75, 3.05) is 6.54 Å². The maximum Gasteiger partial charge on any atom is 0.256 e. The molecule has 1 amide bonds. The van der Waals surface area contributed by atoms with Crippen LogP contribution in [0.4, 0.5) is 0 Å². The van der Waals surface area contributed by atoms with E-state index in [0.29, 0.717) is 25.1 Å². The van der Waals surface area contributed by atoms with E-state index in [4.69, 9.17) is 0 Å². The van der Waals surface area contributed by atoms with Gasteiger partial charge in [0.25, 0.3) is 11.5 Å². The number of aromatic nitrogens is 2. The first kappa shape index (κ1) is 12.1. The molecule has 3 heterocycles. The molecule has 0 saturated heterocycles. The minimum absolute atomic E-state index is 0.00682. The van der Waals surface area contributed by atoms with Gasteiger partial charge in [-0.3, -0.25) is 9.59 Å². The topological polar surface area (TPSA) is 55.2 Å². The van der Waals surface area contributed by atoms with Crippen LogP contribution in [0.2, 0.25) is 0 Å². The summed E-state index contributed by atoms with van der Waals surface area (Å²) in [4.78, 5) is 30.2. The lowest BCUT2D eigenvalue weighted by molar-refractivity contribution is 0.0731. The van der Waals surface area contributed by atoms with Crippen molar-refractivity contribution in [2.45, 2.75) is 13.0 Å². The Bertz CT molecular complexity index is 676. The average Bonchev–Trinajstić information content (AvgIpc) is 2.96. The van der Waals surface area contributed by atoms with Crippen molar-refractivity contribution >= 4 is 17.2 Å². The molecule has 0 aromatic carbocycles. The molecule has 0 unspecified atom stereocenters. The molecule has 2 aromatic heterocycles. The number of carbonyl (C=O) groups excluding carboxylic acids is 1. The number of nitrogens with zero attached hydrogens (tertiary/aromatic N) is 3. The molecule has 98 valence electrons. The molecule has 0 atom stereocenters. The molecule has 6 heteroatoms. The third kappa shape index (κ3) is 2.08. The van der Waals surface area contributed by atoms with Gasteiger partial charge in [0.2, 0.25) is 0 Å². The molecular weight excluding hydrogens is 262 g/mol. The lowest BCUT2D eigenvalue weighted by Crippen LogP contribution is -2.39. The molecule has 0 fully saturated rings. The van der Waals surface area contributed by atoms with Gasteiger partial charge < -0.3 is 9.47 Å². The lowest BCUT2D eigenvalue weighted by Gasteiger charge is -2.27. The summed E-state index contributed by atoms with van der Waals surface area (Å²) in [5.74, 6) is 0.00868. The van der Waals surface area contributed by atoms with Crippen molar-refractivity contribution in [1.29, 1.82) is 0 Å². The number of hydrogen-bond donors (Lipinski definition) is 0. The fourth-order valence-electron chi connectivity index (χ4n) is 2.26. The monoisotopic (exact) mass is 275 g/mol. The Morgan fingerprint density at radius 1 is 1.47 bits per heavy atom. The number of aryl methyl sites for hydroxylation is 1. The molecule has 1 aliphatic rings.